The van der Waals surface area contributed by atoms with Crippen molar-refractivity contribution in [2.75, 3.05) is 9.80 Å². The Kier molecular flexibility index (Phi) is 10.2. The third kappa shape index (κ3) is 6.93. The molecule has 1 fully saturated rings. The highest BCUT2D eigenvalue weighted by molar-refractivity contribution is 6.06. The Hall–Kier alpha value is -8.98. The van der Waals surface area contributed by atoms with Crippen LogP contribution in [0.15, 0.2) is 261 Å². The normalized spacial score (nSPS) is 15.5. The quantitative estimate of drug-likeness (QED) is 0.150. The molecule has 3 aliphatic rings. The minimum absolute atomic E-state index is 0.607. The summed E-state index contributed by atoms with van der Waals surface area (Å²) in [6.07, 6.45) is 6.56. The van der Waals surface area contributed by atoms with E-state index in [0.29, 0.717) is 5.92 Å². The molecule has 356 valence electrons. The van der Waals surface area contributed by atoms with E-state index in [2.05, 4.69) is 271 Å². The molecule has 1 spiro atoms. The zero-order chi connectivity index (χ0) is 49.5. The van der Waals surface area contributed by atoms with Crippen LogP contribution in [0, 0.1) is 0 Å². The lowest BCUT2D eigenvalue weighted by molar-refractivity contribution is 0.443. The van der Waals surface area contributed by atoms with Crippen molar-refractivity contribution >= 4 is 66.4 Å². The van der Waals surface area contributed by atoms with Crippen molar-refractivity contribution in [3.8, 4) is 33.4 Å². The Morgan fingerprint density at radius 1 is 0.307 bits per heavy atom. The molecule has 0 saturated heterocycles. The van der Waals surface area contributed by atoms with Gasteiger partial charge in [0.2, 0.25) is 0 Å². The van der Waals surface area contributed by atoms with Gasteiger partial charge in [-0.05, 0) is 173 Å². The van der Waals surface area contributed by atoms with Crippen molar-refractivity contribution < 1.29 is 0 Å². The molecule has 0 aliphatic heterocycles. The molecule has 0 aromatic heterocycles. The molecule has 12 aromatic rings. The lowest BCUT2D eigenvalue weighted by atomic mass is 9.70. The van der Waals surface area contributed by atoms with E-state index in [-0.39, 0.29) is 0 Å². The van der Waals surface area contributed by atoms with E-state index in [1.807, 2.05) is 0 Å². The first-order valence-electron chi connectivity index (χ1n) is 26.9. The van der Waals surface area contributed by atoms with Crippen molar-refractivity contribution in [1.29, 1.82) is 0 Å². The van der Waals surface area contributed by atoms with Crippen LogP contribution in [0.25, 0.3) is 65.7 Å². The number of anilines is 6. The molecule has 0 bridgehead atoms. The lowest BCUT2D eigenvalue weighted by Crippen LogP contribution is -2.26. The second-order valence-corrected chi connectivity index (χ2v) is 21.0. The van der Waals surface area contributed by atoms with E-state index < -0.39 is 5.41 Å². The largest absolute Gasteiger partial charge is 0.310 e. The van der Waals surface area contributed by atoms with E-state index in [9.17, 15) is 0 Å². The average molecular weight is 959 g/mol. The summed E-state index contributed by atoms with van der Waals surface area (Å²) in [5, 5.41) is 7.34. The summed E-state index contributed by atoms with van der Waals surface area (Å²) in [7, 11) is 0. The van der Waals surface area contributed by atoms with E-state index in [4.69, 9.17) is 0 Å². The van der Waals surface area contributed by atoms with Crippen molar-refractivity contribution in [1.82, 2.24) is 0 Å². The fraction of sp³-hybridized carbons (Fsp3) is 0.0959. The van der Waals surface area contributed by atoms with Gasteiger partial charge in [-0.15, -0.1) is 0 Å². The van der Waals surface area contributed by atoms with Gasteiger partial charge in [0.05, 0.1) is 11.1 Å². The number of hydrogen-bond acceptors (Lipinski definition) is 2. The van der Waals surface area contributed by atoms with Crippen LogP contribution < -0.4 is 9.80 Å². The summed E-state index contributed by atoms with van der Waals surface area (Å²) in [5.41, 5.74) is 20.4. The molecule has 0 N–H and O–H groups in total. The summed E-state index contributed by atoms with van der Waals surface area (Å²) in [4.78, 5) is 5.02. The Labute approximate surface area is 439 Å². The molecule has 1 unspecified atom stereocenters. The Morgan fingerprint density at radius 3 is 1.39 bits per heavy atom. The van der Waals surface area contributed by atoms with Crippen LogP contribution in [0.3, 0.4) is 0 Å². The van der Waals surface area contributed by atoms with Gasteiger partial charge < -0.3 is 9.80 Å². The second kappa shape index (κ2) is 17.6. The Bertz CT molecular complexity index is 4170. The lowest BCUT2D eigenvalue weighted by Gasteiger charge is -2.34. The highest BCUT2D eigenvalue weighted by atomic mass is 15.1. The molecule has 1 atom stereocenters. The van der Waals surface area contributed by atoms with Crippen LogP contribution in [-0.4, -0.2) is 0 Å². The first kappa shape index (κ1) is 43.6. The number of fused-ring (bicyclic) bond motifs is 13. The third-order valence-electron chi connectivity index (χ3n) is 17.0. The first-order chi connectivity index (χ1) is 37.2. The standard InChI is InChI=1S/C73H54N2/c1-3-17-49(18-4-1)52-31-36-57(37-32-52)74(58-38-33-50-19-7-9-24-55(50)45-58)60-40-42-65-63-27-13-15-29-67(63)73(69(65)47-60)68-30-16-14-28-64(68)66-43-41-61(48-70(66)73)75(59-39-34-51-20-8-10-25-56(51)46-59)71-44-35-53-21-11-12-26-62(53)72(71)54-22-5-2-6-23-54/h2,5-16,19-49H,1,3-4,17-18H2. The number of benzene rings is 12. The van der Waals surface area contributed by atoms with Crippen LogP contribution in [0.2, 0.25) is 0 Å². The molecule has 75 heavy (non-hydrogen) atoms. The third-order valence-corrected chi connectivity index (χ3v) is 17.0. The fourth-order valence-electron chi connectivity index (χ4n) is 13.6. The SMILES string of the molecule is c1ccc(-c2c(N(c3ccc4c(c3)C3(c5ccccc5-c5ccc(N(c6ccc(C7CCCCC7)cc6)c6ccc7ccccc7c6)cc53)c3ccccc3-4)c3ccc4ccccc4c3)ccc3ccccc23)cc1. The molecule has 15 rings (SSSR count). The van der Waals surface area contributed by atoms with Gasteiger partial charge >= 0.3 is 0 Å². The fourth-order valence-corrected chi connectivity index (χ4v) is 13.6. The minimum Gasteiger partial charge on any atom is -0.310 e. The summed E-state index contributed by atoms with van der Waals surface area (Å²) in [6, 6.07) is 98.4. The van der Waals surface area contributed by atoms with E-state index in [1.54, 1.807) is 0 Å². The summed E-state index contributed by atoms with van der Waals surface area (Å²) >= 11 is 0. The van der Waals surface area contributed by atoms with Gasteiger partial charge in [0.25, 0.3) is 0 Å². The maximum atomic E-state index is 2.54. The highest BCUT2D eigenvalue weighted by Gasteiger charge is 2.52. The molecule has 12 aromatic carbocycles. The molecule has 1 saturated carbocycles. The maximum absolute atomic E-state index is 2.54. The van der Waals surface area contributed by atoms with E-state index in [0.717, 1.165) is 28.4 Å². The molecular formula is C73H54N2. The van der Waals surface area contributed by atoms with E-state index >= 15 is 0 Å². The topological polar surface area (TPSA) is 6.48 Å². The summed E-state index contributed by atoms with van der Waals surface area (Å²) < 4.78 is 0. The van der Waals surface area contributed by atoms with Crippen molar-refractivity contribution in [2.45, 2.75) is 43.4 Å². The monoisotopic (exact) mass is 958 g/mol. The first-order valence-corrected chi connectivity index (χ1v) is 26.9. The van der Waals surface area contributed by atoms with Crippen LogP contribution in [0.1, 0.15) is 65.8 Å². The molecular weight excluding hydrogens is 905 g/mol. The van der Waals surface area contributed by atoms with Crippen molar-refractivity contribution in [3.63, 3.8) is 0 Å². The summed E-state index contributed by atoms with van der Waals surface area (Å²) in [6.45, 7) is 0. The molecule has 2 nitrogen and oxygen atoms in total. The second-order valence-electron chi connectivity index (χ2n) is 21.0. The van der Waals surface area contributed by atoms with Gasteiger partial charge in [0, 0.05) is 34.0 Å². The number of rotatable bonds is 8. The van der Waals surface area contributed by atoms with Gasteiger partial charge in [-0.3, -0.25) is 0 Å². The number of hydrogen-bond donors (Lipinski definition) is 0. The van der Waals surface area contributed by atoms with Gasteiger partial charge in [-0.1, -0.05) is 213 Å². The Balaban J connectivity index is 0.973. The maximum Gasteiger partial charge on any atom is 0.0727 e. The van der Waals surface area contributed by atoms with Crippen LogP contribution >= 0.6 is 0 Å². The van der Waals surface area contributed by atoms with Crippen molar-refractivity contribution in [3.05, 3.63) is 289 Å². The molecule has 0 heterocycles. The average Bonchev–Trinajstić information content (AvgIpc) is 4.04. The number of nitrogens with zero attached hydrogens (tertiary/aromatic N) is 2. The molecule has 0 amide bonds. The predicted octanol–water partition coefficient (Wildman–Crippen LogP) is 20.1. The minimum atomic E-state index is -0.607. The van der Waals surface area contributed by atoms with Gasteiger partial charge in [0.1, 0.15) is 0 Å². The van der Waals surface area contributed by atoms with Gasteiger partial charge in [0.15, 0.2) is 0 Å². The van der Waals surface area contributed by atoms with Crippen molar-refractivity contribution in [2.24, 2.45) is 0 Å². The van der Waals surface area contributed by atoms with Gasteiger partial charge in [-0.25, -0.2) is 0 Å². The zero-order valence-electron chi connectivity index (χ0n) is 41.8. The van der Waals surface area contributed by atoms with Gasteiger partial charge in [-0.2, -0.15) is 0 Å². The highest BCUT2D eigenvalue weighted by Crippen LogP contribution is 2.64. The van der Waals surface area contributed by atoms with Crippen LogP contribution in [0.4, 0.5) is 34.1 Å². The smallest absolute Gasteiger partial charge is 0.0727 e. The van der Waals surface area contributed by atoms with E-state index in [1.165, 1.54) is 131 Å². The Morgan fingerprint density at radius 2 is 0.760 bits per heavy atom. The predicted molar refractivity (Wildman–Crippen MR) is 316 cm³/mol. The van der Waals surface area contributed by atoms with Crippen LogP contribution in [-0.2, 0) is 5.41 Å². The molecule has 0 radical (unpaired) electrons. The molecule has 3 aliphatic carbocycles. The van der Waals surface area contributed by atoms with Crippen LogP contribution in [0.5, 0.6) is 0 Å². The molecule has 2 heteroatoms. The summed E-state index contributed by atoms with van der Waals surface area (Å²) in [5.74, 6) is 0.635. The zero-order valence-corrected chi connectivity index (χ0v) is 41.8.